The lowest BCUT2D eigenvalue weighted by Gasteiger charge is -2.35. The minimum Gasteiger partial charge on any atom is -0.462 e. The molecule has 0 spiro atoms. The van der Waals surface area contributed by atoms with Crippen LogP contribution in [0.1, 0.15) is 50.6 Å². The number of aryl methyl sites for hydroxylation is 1. The summed E-state index contributed by atoms with van der Waals surface area (Å²) in [4.78, 5) is 30.3. The molecule has 0 aliphatic carbocycles. The number of aromatic nitrogens is 1. The maximum atomic E-state index is 13.4. The number of hydrogen-bond donors (Lipinski definition) is 2. The minimum atomic E-state index is -0.444. The molecule has 1 aliphatic heterocycles. The number of nitrogens with one attached hydrogen (secondary N) is 2. The van der Waals surface area contributed by atoms with Crippen LogP contribution in [0.15, 0.2) is 24.3 Å². The number of amides is 1. The molecule has 1 fully saturated rings. The van der Waals surface area contributed by atoms with Gasteiger partial charge in [0.15, 0.2) is 0 Å². The number of morpholine rings is 1. The number of halogens is 1. The Balaban J connectivity index is 1.76. The number of carbonyl (C=O) groups is 2. The van der Waals surface area contributed by atoms with Crippen LogP contribution in [0.25, 0.3) is 0 Å². The predicted octanol–water partition coefficient (Wildman–Crippen LogP) is 2.75. The zero-order valence-corrected chi connectivity index (χ0v) is 17.6. The van der Waals surface area contributed by atoms with Crippen LogP contribution >= 0.6 is 0 Å². The summed E-state index contributed by atoms with van der Waals surface area (Å²) in [6.07, 6.45) is 0. The normalized spacial score (nSPS) is 15.6. The molecule has 7 nitrogen and oxygen atoms in total. The lowest BCUT2D eigenvalue weighted by atomic mass is 10.0. The molecule has 1 amide bonds. The van der Waals surface area contributed by atoms with E-state index in [1.807, 2.05) is 0 Å². The summed E-state index contributed by atoms with van der Waals surface area (Å²) in [6.45, 7) is 8.50. The summed E-state index contributed by atoms with van der Waals surface area (Å²) < 4.78 is 23.9. The molecule has 162 valence electrons. The second kappa shape index (κ2) is 9.86. The first-order valence-electron chi connectivity index (χ1n) is 10.1. The van der Waals surface area contributed by atoms with Crippen LogP contribution in [0.5, 0.6) is 0 Å². The van der Waals surface area contributed by atoms with Crippen molar-refractivity contribution in [3.05, 3.63) is 58.2 Å². The Morgan fingerprint density at radius 2 is 1.90 bits per heavy atom. The van der Waals surface area contributed by atoms with Crippen molar-refractivity contribution in [2.45, 2.75) is 26.8 Å². The topological polar surface area (TPSA) is 83.7 Å². The Morgan fingerprint density at radius 3 is 2.53 bits per heavy atom. The molecule has 8 heteroatoms. The van der Waals surface area contributed by atoms with Crippen molar-refractivity contribution >= 4 is 11.9 Å². The van der Waals surface area contributed by atoms with Crippen LogP contribution in [-0.2, 0) is 9.47 Å². The van der Waals surface area contributed by atoms with E-state index in [0.717, 1.165) is 18.7 Å². The Morgan fingerprint density at radius 1 is 1.23 bits per heavy atom. The molecular formula is C22H28FN3O4. The molecule has 0 bridgehead atoms. The van der Waals surface area contributed by atoms with Crippen LogP contribution in [-0.4, -0.2) is 61.2 Å². The Kier molecular flexibility index (Phi) is 7.23. The van der Waals surface area contributed by atoms with Crippen molar-refractivity contribution < 1.29 is 23.5 Å². The van der Waals surface area contributed by atoms with Crippen molar-refractivity contribution in [2.75, 3.05) is 39.5 Å². The van der Waals surface area contributed by atoms with Crippen molar-refractivity contribution in [3.63, 3.8) is 0 Å². The van der Waals surface area contributed by atoms with E-state index in [-0.39, 0.29) is 24.4 Å². The van der Waals surface area contributed by atoms with Gasteiger partial charge in [0.1, 0.15) is 11.5 Å². The van der Waals surface area contributed by atoms with Gasteiger partial charge in [-0.2, -0.15) is 0 Å². The van der Waals surface area contributed by atoms with E-state index in [9.17, 15) is 14.0 Å². The van der Waals surface area contributed by atoms with E-state index in [0.29, 0.717) is 42.3 Å². The van der Waals surface area contributed by atoms with Gasteiger partial charge in [-0.3, -0.25) is 9.69 Å². The SMILES string of the molecule is CCOC(=O)c1c(C)[nH]c(C(=O)NC[C@H](c2ccc(F)cc2)N2CCOCC2)c1C. The Hall–Kier alpha value is -2.71. The van der Waals surface area contributed by atoms with Crippen molar-refractivity contribution in [1.29, 1.82) is 0 Å². The third-order valence-corrected chi connectivity index (χ3v) is 5.34. The minimum absolute atomic E-state index is 0.112. The lowest BCUT2D eigenvalue weighted by molar-refractivity contribution is 0.0162. The van der Waals surface area contributed by atoms with Gasteiger partial charge in [-0.1, -0.05) is 12.1 Å². The van der Waals surface area contributed by atoms with Gasteiger partial charge in [0.2, 0.25) is 0 Å². The second-order valence-electron chi connectivity index (χ2n) is 7.27. The molecule has 1 saturated heterocycles. The van der Waals surface area contributed by atoms with Gasteiger partial charge in [-0.05, 0) is 44.0 Å². The largest absolute Gasteiger partial charge is 0.462 e. The molecule has 3 rings (SSSR count). The molecule has 2 aromatic rings. The molecule has 30 heavy (non-hydrogen) atoms. The molecule has 1 aliphatic rings. The summed E-state index contributed by atoms with van der Waals surface area (Å²) in [5.74, 6) is -1.04. The van der Waals surface area contributed by atoms with Gasteiger partial charge in [-0.15, -0.1) is 0 Å². The summed E-state index contributed by atoms with van der Waals surface area (Å²) >= 11 is 0. The van der Waals surface area contributed by atoms with E-state index in [2.05, 4.69) is 15.2 Å². The number of rotatable bonds is 7. The molecule has 0 radical (unpaired) electrons. The molecule has 0 saturated carbocycles. The molecule has 2 heterocycles. The van der Waals surface area contributed by atoms with E-state index < -0.39 is 5.97 Å². The number of carbonyl (C=O) groups excluding carboxylic acids is 2. The molecule has 1 aromatic carbocycles. The zero-order chi connectivity index (χ0) is 21.7. The highest BCUT2D eigenvalue weighted by atomic mass is 19.1. The monoisotopic (exact) mass is 417 g/mol. The van der Waals surface area contributed by atoms with Gasteiger partial charge < -0.3 is 19.8 Å². The maximum absolute atomic E-state index is 13.4. The highest BCUT2D eigenvalue weighted by Gasteiger charge is 2.26. The van der Waals surface area contributed by atoms with E-state index in [1.165, 1.54) is 12.1 Å². The fourth-order valence-electron chi connectivity index (χ4n) is 3.80. The molecule has 0 unspecified atom stereocenters. The van der Waals surface area contributed by atoms with Gasteiger partial charge in [-0.25, -0.2) is 9.18 Å². The third kappa shape index (κ3) is 4.88. The molecule has 1 aromatic heterocycles. The van der Waals surface area contributed by atoms with Gasteiger partial charge in [0.05, 0.1) is 31.4 Å². The van der Waals surface area contributed by atoms with Crippen LogP contribution in [0.3, 0.4) is 0 Å². The Bertz CT molecular complexity index is 889. The summed E-state index contributed by atoms with van der Waals surface area (Å²) in [5, 5.41) is 2.96. The number of hydrogen-bond acceptors (Lipinski definition) is 5. The first-order chi connectivity index (χ1) is 14.4. The highest BCUT2D eigenvalue weighted by Crippen LogP contribution is 2.23. The van der Waals surface area contributed by atoms with Crippen molar-refractivity contribution in [2.24, 2.45) is 0 Å². The van der Waals surface area contributed by atoms with E-state index in [4.69, 9.17) is 9.47 Å². The number of aromatic amines is 1. The van der Waals surface area contributed by atoms with Gasteiger partial charge >= 0.3 is 5.97 Å². The summed E-state index contributed by atoms with van der Waals surface area (Å²) in [6, 6.07) is 6.22. The standard InChI is InChI=1S/C22H28FN3O4/c1-4-30-22(28)19-14(2)20(25-15(19)3)21(27)24-13-18(26-9-11-29-12-10-26)16-5-7-17(23)8-6-16/h5-8,18,25H,4,9-13H2,1-3H3,(H,24,27)/t18-/m1/s1. The summed E-state index contributed by atoms with van der Waals surface area (Å²) in [7, 11) is 0. The molecule has 2 N–H and O–H groups in total. The zero-order valence-electron chi connectivity index (χ0n) is 17.6. The van der Waals surface area contributed by atoms with Crippen LogP contribution in [0.4, 0.5) is 4.39 Å². The average molecular weight is 417 g/mol. The Labute approximate surface area is 175 Å². The summed E-state index contributed by atoms with van der Waals surface area (Å²) in [5.41, 5.74) is 2.82. The predicted molar refractivity (Wildman–Crippen MR) is 110 cm³/mol. The van der Waals surface area contributed by atoms with Gasteiger partial charge in [0.25, 0.3) is 5.91 Å². The highest BCUT2D eigenvalue weighted by molar-refractivity contribution is 6.00. The number of H-pyrrole nitrogens is 1. The maximum Gasteiger partial charge on any atom is 0.340 e. The van der Waals surface area contributed by atoms with E-state index in [1.54, 1.807) is 32.9 Å². The van der Waals surface area contributed by atoms with Crippen molar-refractivity contribution in [3.8, 4) is 0 Å². The first-order valence-corrected chi connectivity index (χ1v) is 10.1. The van der Waals surface area contributed by atoms with Crippen molar-refractivity contribution in [1.82, 2.24) is 15.2 Å². The number of benzene rings is 1. The quantitative estimate of drug-likeness (QED) is 0.677. The lowest BCUT2D eigenvalue weighted by Crippen LogP contribution is -2.44. The van der Waals surface area contributed by atoms with E-state index >= 15 is 0 Å². The number of esters is 1. The number of nitrogens with zero attached hydrogens (tertiary/aromatic N) is 1. The molecular weight excluding hydrogens is 389 g/mol. The average Bonchev–Trinajstić information content (AvgIpc) is 3.04. The first kappa shape index (κ1) is 22.0. The molecule has 1 atom stereocenters. The smallest absolute Gasteiger partial charge is 0.340 e. The third-order valence-electron chi connectivity index (χ3n) is 5.34. The fourth-order valence-corrected chi connectivity index (χ4v) is 3.80. The fraction of sp³-hybridized carbons (Fsp3) is 0.455. The number of ether oxygens (including phenoxy) is 2. The van der Waals surface area contributed by atoms with Crippen LogP contribution in [0, 0.1) is 19.7 Å². The van der Waals surface area contributed by atoms with Gasteiger partial charge in [0, 0.05) is 25.3 Å². The van der Waals surface area contributed by atoms with Crippen LogP contribution < -0.4 is 5.32 Å². The van der Waals surface area contributed by atoms with Crippen LogP contribution in [0.2, 0.25) is 0 Å². The second-order valence-corrected chi connectivity index (χ2v) is 7.27.